The van der Waals surface area contributed by atoms with Crippen molar-refractivity contribution in [1.29, 1.82) is 0 Å². The van der Waals surface area contributed by atoms with Crippen LogP contribution in [0.5, 0.6) is 0 Å². The number of rotatable bonds is 6. The fourth-order valence-electron chi connectivity index (χ4n) is 6.38. The zero-order valence-electron chi connectivity index (χ0n) is 18.4. The Morgan fingerprint density at radius 1 is 1.27 bits per heavy atom. The lowest BCUT2D eigenvalue weighted by atomic mass is 9.69. The SMILES string of the molecule is CC(C)CN(O)[C@@H](Cc1ccccc1)C(=O)N1[C@@H]2C[C@H]3CC[C@]2(CS1(=O)=O)C3(C)C. The summed E-state index contributed by atoms with van der Waals surface area (Å²) in [7, 11) is -3.71. The van der Waals surface area contributed by atoms with Crippen LogP contribution in [0.15, 0.2) is 30.3 Å². The lowest BCUT2D eigenvalue weighted by molar-refractivity contribution is -0.164. The van der Waals surface area contributed by atoms with E-state index in [9.17, 15) is 18.4 Å². The lowest BCUT2D eigenvalue weighted by Gasteiger charge is -2.38. The minimum Gasteiger partial charge on any atom is -0.313 e. The van der Waals surface area contributed by atoms with Gasteiger partial charge in [-0.15, -0.1) is 0 Å². The van der Waals surface area contributed by atoms with Gasteiger partial charge in [0.2, 0.25) is 10.0 Å². The number of fused-ring (bicyclic) bond motifs is 1. The van der Waals surface area contributed by atoms with Gasteiger partial charge in [0.05, 0.1) is 11.8 Å². The van der Waals surface area contributed by atoms with Crippen molar-refractivity contribution < 1.29 is 18.4 Å². The molecule has 3 fully saturated rings. The number of carbonyl (C=O) groups excluding carboxylic acids is 1. The number of nitrogens with zero attached hydrogens (tertiary/aromatic N) is 2. The van der Waals surface area contributed by atoms with Gasteiger partial charge >= 0.3 is 0 Å². The molecule has 1 heterocycles. The predicted octanol–water partition coefficient (Wildman–Crippen LogP) is 3.31. The summed E-state index contributed by atoms with van der Waals surface area (Å²) in [6.07, 6.45) is 2.91. The van der Waals surface area contributed by atoms with Gasteiger partial charge in [0.1, 0.15) is 6.04 Å². The number of hydrogen-bond donors (Lipinski definition) is 1. The van der Waals surface area contributed by atoms with Crippen molar-refractivity contribution in [1.82, 2.24) is 9.37 Å². The van der Waals surface area contributed by atoms with Crippen molar-refractivity contribution in [3.8, 4) is 0 Å². The third-order valence-corrected chi connectivity index (χ3v) is 10.0. The third kappa shape index (κ3) is 3.21. The van der Waals surface area contributed by atoms with Crippen molar-refractivity contribution in [2.24, 2.45) is 22.7 Å². The molecule has 3 aliphatic rings. The summed E-state index contributed by atoms with van der Waals surface area (Å²) < 4.78 is 27.8. The molecule has 1 saturated heterocycles. The molecule has 166 valence electrons. The van der Waals surface area contributed by atoms with Gasteiger partial charge in [-0.2, -0.15) is 5.06 Å². The van der Waals surface area contributed by atoms with Crippen LogP contribution in [-0.2, 0) is 21.2 Å². The molecule has 2 saturated carbocycles. The van der Waals surface area contributed by atoms with Crippen LogP contribution in [0.25, 0.3) is 0 Å². The maximum atomic E-state index is 13.8. The quantitative estimate of drug-likeness (QED) is 0.695. The first-order valence-corrected chi connectivity index (χ1v) is 12.7. The van der Waals surface area contributed by atoms with Gasteiger partial charge in [0.25, 0.3) is 5.91 Å². The van der Waals surface area contributed by atoms with E-state index < -0.39 is 22.0 Å². The molecule has 1 aliphatic heterocycles. The Morgan fingerprint density at radius 2 is 1.93 bits per heavy atom. The molecule has 2 bridgehead atoms. The molecule has 30 heavy (non-hydrogen) atoms. The third-order valence-electron chi connectivity index (χ3n) is 8.10. The molecule has 7 heteroatoms. The summed E-state index contributed by atoms with van der Waals surface area (Å²) in [6.45, 7) is 8.58. The zero-order chi connectivity index (χ0) is 21.9. The van der Waals surface area contributed by atoms with Crippen molar-refractivity contribution in [2.45, 2.75) is 65.5 Å². The van der Waals surface area contributed by atoms with Crippen LogP contribution in [0.3, 0.4) is 0 Å². The largest absolute Gasteiger partial charge is 0.313 e. The van der Waals surface area contributed by atoms with E-state index >= 15 is 0 Å². The maximum absolute atomic E-state index is 13.8. The topological polar surface area (TPSA) is 77.9 Å². The highest BCUT2D eigenvalue weighted by atomic mass is 32.2. The highest BCUT2D eigenvalue weighted by Crippen LogP contribution is 2.70. The van der Waals surface area contributed by atoms with Crippen molar-refractivity contribution in [3.63, 3.8) is 0 Å². The fraction of sp³-hybridized carbons (Fsp3) is 0.696. The fourth-order valence-corrected chi connectivity index (χ4v) is 8.96. The molecule has 4 atom stereocenters. The minimum absolute atomic E-state index is 0.0492. The molecular formula is C23H34N2O4S. The lowest BCUT2D eigenvalue weighted by Crippen LogP contribution is -2.53. The van der Waals surface area contributed by atoms with Crippen LogP contribution in [0.1, 0.15) is 52.5 Å². The Hall–Kier alpha value is -1.44. The molecule has 1 amide bonds. The molecule has 1 N–H and O–H groups in total. The first-order chi connectivity index (χ1) is 14.0. The molecule has 2 aliphatic carbocycles. The molecule has 0 unspecified atom stereocenters. The van der Waals surface area contributed by atoms with Crippen molar-refractivity contribution in [2.75, 3.05) is 12.3 Å². The van der Waals surface area contributed by atoms with E-state index in [1.54, 1.807) is 0 Å². The molecule has 0 aromatic heterocycles. The number of hydroxylamine groups is 2. The van der Waals surface area contributed by atoms with Gasteiger partial charge in [-0.1, -0.05) is 58.0 Å². The van der Waals surface area contributed by atoms with E-state index in [1.807, 2.05) is 44.2 Å². The number of carbonyl (C=O) groups is 1. The number of sulfonamides is 1. The van der Waals surface area contributed by atoms with Crippen molar-refractivity contribution in [3.05, 3.63) is 35.9 Å². The van der Waals surface area contributed by atoms with E-state index in [1.165, 1.54) is 4.31 Å². The first-order valence-electron chi connectivity index (χ1n) is 11.0. The van der Waals surface area contributed by atoms with Gasteiger partial charge in [-0.25, -0.2) is 12.7 Å². The van der Waals surface area contributed by atoms with E-state index in [2.05, 4.69) is 13.8 Å². The minimum atomic E-state index is -3.71. The van der Waals surface area contributed by atoms with Gasteiger partial charge in [-0.3, -0.25) is 4.79 Å². The second kappa shape index (κ2) is 7.31. The Balaban J connectivity index is 1.68. The van der Waals surface area contributed by atoms with Crippen LogP contribution in [-0.4, -0.2) is 53.3 Å². The smallest absolute Gasteiger partial charge is 0.256 e. The average molecular weight is 435 g/mol. The normalized spacial score (nSPS) is 32.0. The summed E-state index contributed by atoms with van der Waals surface area (Å²) in [5, 5.41) is 11.9. The number of hydrogen-bond acceptors (Lipinski definition) is 5. The van der Waals surface area contributed by atoms with Gasteiger partial charge in [0, 0.05) is 12.0 Å². The molecule has 1 aromatic rings. The van der Waals surface area contributed by atoms with Crippen LogP contribution in [0, 0.1) is 22.7 Å². The van der Waals surface area contributed by atoms with Gasteiger partial charge in [0.15, 0.2) is 0 Å². The van der Waals surface area contributed by atoms with E-state index in [4.69, 9.17) is 0 Å². The molecule has 4 rings (SSSR count). The standard InChI is InChI=1S/C23H34N2O4S/c1-16(2)14-24(27)19(12-17-8-6-5-7-9-17)21(26)25-20-13-18-10-11-23(20,22(18,3)4)15-30(25,28)29/h5-9,16,18-20,27H,10-15H2,1-4H3/t18-,19+,20-,23-/m1/s1. The van der Waals surface area contributed by atoms with Crippen LogP contribution < -0.4 is 0 Å². The molecule has 0 radical (unpaired) electrons. The summed E-state index contributed by atoms with van der Waals surface area (Å²) in [5.74, 6) is 0.158. The Morgan fingerprint density at radius 3 is 2.53 bits per heavy atom. The summed E-state index contributed by atoms with van der Waals surface area (Å²) in [4.78, 5) is 13.8. The summed E-state index contributed by atoms with van der Waals surface area (Å²) in [6, 6.07) is 8.30. The highest BCUT2D eigenvalue weighted by Gasteiger charge is 2.72. The molecule has 1 aromatic carbocycles. The Labute approximate surface area is 180 Å². The Kier molecular flexibility index (Phi) is 5.31. The zero-order valence-corrected chi connectivity index (χ0v) is 19.2. The van der Waals surface area contributed by atoms with Crippen molar-refractivity contribution >= 4 is 15.9 Å². The molecule has 6 nitrogen and oxygen atoms in total. The second-order valence-electron chi connectivity index (χ2n) is 10.5. The van der Waals surface area contributed by atoms with Crippen LogP contribution >= 0.6 is 0 Å². The summed E-state index contributed by atoms with van der Waals surface area (Å²) >= 11 is 0. The maximum Gasteiger partial charge on any atom is 0.256 e. The van der Waals surface area contributed by atoms with Crippen LogP contribution in [0.4, 0.5) is 0 Å². The highest BCUT2D eigenvalue weighted by molar-refractivity contribution is 7.90. The molecular weight excluding hydrogens is 400 g/mol. The van der Waals surface area contributed by atoms with E-state index in [0.717, 1.165) is 29.9 Å². The predicted molar refractivity (Wildman–Crippen MR) is 115 cm³/mol. The van der Waals surface area contributed by atoms with E-state index in [0.29, 0.717) is 12.5 Å². The van der Waals surface area contributed by atoms with E-state index in [-0.39, 0.29) is 35.0 Å². The second-order valence-corrected chi connectivity index (χ2v) is 12.3. The van der Waals surface area contributed by atoms with Gasteiger partial charge < -0.3 is 5.21 Å². The number of amides is 1. The van der Waals surface area contributed by atoms with Gasteiger partial charge in [-0.05, 0) is 48.5 Å². The monoisotopic (exact) mass is 434 g/mol. The molecule has 1 spiro atoms. The Bertz CT molecular complexity index is 914. The first kappa shape index (κ1) is 21.8. The average Bonchev–Trinajstić information content (AvgIpc) is 3.13. The number of benzene rings is 1. The summed E-state index contributed by atoms with van der Waals surface area (Å²) in [5.41, 5.74) is 0.450. The van der Waals surface area contributed by atoms with Crippen LogP contribution in [0.2, 0.25) is 0 Å².